The fourth-order valence-electron chi connectivity index (χ4n) is 9.64. The van der Waals surface area contributed by atoms with Crippen molar-refractivity contribution in [3.8, 4) is 0 Å². The largest absolute Gasteiger partial charge is 0.462 e. The number of rotatable bonds is 9. The molecule has 4 heterocycles. The summed E-state index contributed by atoms with van der Waals surface area (Å²) in [6, 6.07) is -0.163. The molecule has 13 unspecified atom stereocenters. The monoisotopic (exact) mass is 760 g/mol. The summed E-state index contributed by atoms with van der Waals surface area (Å²) in [6.07, 6.45) is 8.09. The van der Waals surface area contributed by atoms with Gasteiger partial charge < -0.3 is 39.1 Å². The molecule has 4 rings (SSSR count). The van der Waals surface area contributed by atoms with Crippen molar-refractivity contribution in [1.29, 1.82) is 0 Å². The van der Waals surface area contributed by atoms with E-state index in [1.54, 1.807) is 6.08 Å². The lowest BCUT2D eigenvalue weighted by Gasteiger charge is -2.44. The Labute approximate surface area is 328 Å². The number of piperidine rings is 2. The molecule has 0 aliphatic carbocycles. The summed E-state index contributed by atoms with van der Waals surface area (Å²) in [4.78, 5) is 34.6. The van der Waals surface area contributed by atoms with Crippen molar-refractivity contribution in [3.05, 3.63) is 23.8 Å². The Morgan fingerprint density at radius 3 is 2.20 bits per heavy atom. The maximum absolute atomic E-state index is 13.9. The minimum atomic E-state index is -1.02. The summed E-state index contributed by atoms with van der Waals surface area (Å²) in [6.45, 7) is 22.6. The van der Waals surface area contributed by atoms with Crippen LogP contribution in [0.15, 0.2) is 23.8 Å². The molecule has 0 amide bonds. The fraction of sp³-hybridized carbons (Fsp3) is 0.864. The molecule has 0 spiro atoms. The second kappa shape index (κ2) is 21.2. The van der Waals surface area contributed by atoms with Crippen LogP contribution in [0.4, 0.5) is 0 Å². The predicted octanol–water partition coefficient (Wildman–Crippen LogP) is 5.95. The lowest BCUT2D eigenvalue weighted by molar-refractivity contribution is -0.265. The Morgan fingerprint density at radius 1 is 0.907 bits per heavy atom. The number of nitrogens with zero attached hydrogens (tertiary/aromatic N) is 3. The van der Waals surface area contributed by atoms with Gasteiger partial charge in [0.1, 0.15) is 6.10 Å². The summed E-state index contributed by atoms with van der Waals surface area (Å²) < 4.78 is 19.5. The third kappa shape index (κ3) is 13.2. The molecule has 54 heavy (non-hydrogen) atoms. The summed E-state index contributed by atoms with van der Waals surface area (Å²) in [5.41, 5.74) is 0.980. The van der Waals surface area contributed by atoms with E-state index in [1.807, 2.05) is 59.7 Å². The molecule has 10 nitrogen and oxygen atoms in total. The highest BCUT2D eigenvalue weighted by atomic mass is 16.7. The highest BCUT2D eigenvalue weighted by Crippen LogP contribution is 2.35. The van der Waals surface area contributed by atoms with Gasteiger partial charge in [-0.3, -0.25) is 9.59 Å². The SMILES string of the molecule is CCC1OC(=O)CC(O)C(C)C(OC2CC(N(C)C)C(O)C(C)O2)C(CCN2CC(C)CC(C)C2)CC(C)C(=O)/C=C/C(C)=C/C1CN1CCC(C)CC1. The van der Waals surface area contributed by atoms with Crippen LogP contribution in [-0.4, -0.2) is 133 Å². The third-order valence-electron chi connectivity index (χ3n) is 13.0. The standard InChI is InChI=1S/C44H77N3O7/c1-11-40-36(27-46-17-14-28(2)15-18-46)21-29(3)12-13-38(48)32(6)22-35(16-19-47-25-30(4)20-31(5)26-47)44(33(7)39(49)24-41(50)53-40)54-42-23-37(45(9)10)43(51)34(8)52-42/h12-13,21,28,30-37,39-40,42-44,49,51H,11,14-20,22-27H2,1-10H3/b13-12+,29-21+. The van der Waals surface area contributed by atoms with Crippen LogP contribution in [0.2, 0.25) is 0 Å². The number of carbonyl (C=O) groups excluding carboxylic acids is 2. The van der Waals surface area contributed by atoms with Gasteiger partial charge in [-0.25, -0.2) is 0 Å². The van der Waals surface area contributed by atoms with Crippen molar-refractivity contribution in [1.82, 2.24) is 14.7 Å². The average Bonchev–Trinajstić information content (AvgIpc) is 3.11. The molecule has 0 saturated carbocycles. The van der Waals surface area contributed by atoms with Gasteiger partial charge in [-0.05, 0) is 116 Å². The molecule has 4 aliphatic rings. The summed E-state index contributed by atoms with van der Waals surface area (Å²) in [7, 11) is 3.91. The van der Waals surface area contributed by atoms with Gasteiger partial charge in [0.15, 0.2) is 12.1 Å². The normalized spacial score (nSPS) is 41.0. The minimum absolute atomic E-state index is 0.0434. The van der Waals surface area contributed by atoms with E-state index in [1.165, 1.54) is 6.42 Å². The number of ketones is 1. The molecule has 3 fully saturated rings. The molecule has 10 heteroatoms. The van der Waals surface area contributed by atoms with Gasteiger partial charge in [0.05, 0.1) is 30.8 Å². The second-order valence-corrected chi connectivity index (χ2v) is 18.4. The van der Waals surface area contributed by atoms with E-state index in [-0.39, 0.29) is 42.1 Å². The van der Waals surface area contributed by atoms with Gasteiger partial charge in [-0.2, -0.15) is 0 Å². The van der Waals surface area contributed by atoms with Gasteiger partial charge in [0.2, 0.25) is 0 Å². The van der Waals surface area contributed by atoms with Crippen molar-refractivity contribution in [2.24, 2.45) is 41.4 Å². The molecule has 0 aromatic rings. The highest BCUT2D eigenvalue weighted by Gasteiger charge is 2.42. The molecule has 3 saturated heterocycles. The first kappa shape index (κ1) is 45.0. The van der Waals surface area contributed by atoms with Crippen LogP contribution in [0.5, 0.6) is 0 Å². The van der Waals surface area contributed by atoms with E-state index in [0.29, 0.717) is 37.0 Å². The van der Waals surface area contributed by atoms with E-state index < -0.39 is 42.6 Å². The van der Waals surface area contributed by atoms with Crippen LogP contribution in [0.3, 0.4) is 0 Å². The van der Waals surface area contributed by atoms with Crippen LogP contribution in [0.25, 0.3) is 0 Å². The summed E-state index contributed by atoms with van der Waals surface area (Å²) >= 11 is 0. The van der Waals surface area contributed by atoms with Crippen LogP contribution in [0, 0.1) is 41.4 Å². The van der Waals surface area contributed by atoms with E-state index in [9.17, 15) is 19.8 Å². The van der Waals surface area contributed by atoms with Crippen LogP contribution in [-0.2, 0) is 23.8 Å². The molecular formula is C44H77N3O7. The van der Waals surface area contributed by atoms with Crippen LogP contribution >= 0.6 is 0 Å². The first-order valence-electron chi connectivity index (χ1n) is 21.4. The zero-order valence-corrected chi connectivity index (χ0v) is 35.5. The first-order chi connectivity index (χ1) is 25.5. The maximum atomic E-state index is 13.9. The minimum Gasteiger partial charge on any atom is -0.462 e. The number of esters is 1. The third-order valence-corrected chi connectivity index (χ3v) is 13.0. The molecule has 0 aromatic heterocycles. The number of likely N-dealkylation sites (N-methyl/N-ethyl adjacent to an activating group) is 1. The topological polar surface area (TPSA) is 112 Å². The fourth-order valence-corrected chi connectivity index (χ4v) is 9.64. The molecule has 0 bridgehead atoms. The Hall–Kier alpha value is -1.66. The number of carbonyl (C=O) groups is 2. The Balaban J connectivity index is 1.67. The number of allylic oxidation sites excluding steroid dienone is 3. The smallest absolute Gasteiger partial charge is 0.308 e. The molecule has 0 radical (unpaired) electrons. The Kier molecular flexibility index (Phi) is 17.7. The van der Waals surface area contributed by atoms with Crippen molar-refractivity contribution in [3.63, 3.8) is 0 Å². The summed E-state index contributed by atoms with van der Waals surface area (Å²) in [5.74, 6) is 0.755. The van der Waals surface area contributed by atoms with E-state index >= 15 is 0 Å². The summed E-state index contributed by atoms with van der Waals surface area (Å²) in [5, 5.41) is 22.8. The zero-order chi connectivity index (χ0) is 39.7. The van der Waals surface area contributed by atoms with Gasteiger partial charge in [-0.1, -0.05) is 59.3 Å². The number of cyclic esters (lactones) is 1. The number of ether oxygens (including phenoxy) is 3. The number of hydrogen-bond donors (Lipinski definition) is 2. The molecule has 2 N–H and O–H groups in total. The van der Waals surface area contributed by atoms with Crippen LogP contribution < -0.4 is 0 Å². The first-order valence-corrected chi connectivity index (χ1v) is 21.4. The van der Waals surface area contributed by atoms with E-state index in [0.717, 1.165) is 64.1 Å². The lowest BCUT2D eigenvalue weighted by Crippen LogP contribution is -2.55. The predicted molar refractivity (Wildman–Crippen MR) is 215 cm³/mol. The molecule has 0 aromatic carbocycles. The van der Waals surface area contributed by atoms with Crippen molar-refractivity contribution in [2.45, 2.75) is 150 Å². The molecule has 310 valence electrons. The van der Waals surface area contributed by atoms with Crippen LogP contribution in [0.1, 0.15) is 107 Å². The Bertz CT molecular complexity index is 1220. The second-order valence-electron chi connectivity index (χ2n) is 18.4. The maximum Gasteiger partial charge on any atom is 0.308 e. The molecule has 13 atom stereocenters. The molecular weight excluding hydrogens is 682 g/mol. The quantitative estimate of drug-likeness (QED) is 0.274. The van der Waals surface area contributed by atoms with Crippen molar-refractivity contribution < 1.29 is 34.0 Å². The molecule has 4 aliphatic heterocycles. The van der Waals surface area contributed by atoms with Gasteiger partial charge in [-0.15, -0.1) is 0 Å². The van der Waals surface area contributed by atoms with Gasteiger partial charge >= 0.3 is 5.97 Å². The number of hydrogen-bond acceptors (Lipinski definition) is 10. The number of likely N-dealkylation sites (tertiary alicyclic amines) is 2. The van der Waals surface area contributed by atoms with Crippen molar-refractivity contribution >= 4 is 11.8 Å². The van der Waals surface area contributed by atoms with E-state index in [4.69, 9.17) is 14.2 Å². The highest BCUT2D eigenvalue weighted by molar-refractivity contribution is 5.91. The number of aliphatic hydroxyl groups excluding tert-OH is 2. The average molecular weight is 760 g/mol. The van der Waals surface area contributed by atoms with Gasteiger partial charge in [0, 0.05) is 49.9 Å². The zero-order valence-electron chi connectivity index (χ0n) is 35.5. The van der Waals surface area contributed by atoms with E-state index in [2.05, 4.69) is 36.6 Å². The van der Waals surface area contributed by atoms with Gasteiger partial charge in [0.25, 0.3) is 0 Å². The van der Waals surface area contributed by atoms with Crippen molar-refractivity contribution in [2.75, 3.05) is 53.4 Å². The Morgan fingerprint density at radius 2 is 1.57 bits per heavy atom. The number of aliphatic hydroxyl groups is 2. The lowest BCUT2D eigenvalue weighted by atomic mass is 9.79.